The average molecular weight is 888 g/mol. The third-order valence-electron chi connectivity index (χ3n) is 13.5. The summed E-state index contributed by atoms with van der Waals surface area (Å²) in [5.41, 5.74) is -5.29. The Bertz CT molecular complexity index is 1490. The van der Waals surface area contributed by atoms with Crippen LogP contribution in [0.4, 0.5) is 9.18 Å². The van der Waals surface area contributed by atoms with Crippen molar-refractivity contribution in [1.82, 2.24) is 10.6 Å². The third kappa shape index (κ3) is 13.0. The molecule has 2 amide bonds. The zero-order valence-corrected chi connectivity index (χ0v) is 37.4. The largest absolute Gasteiger partial charge is 0.463 e. The number of rotatable bonds is 29. The summed E-state index contributed by atoms with van der Waals surface area (Å²) >= 11 is 5.66. The SMILES string of the molecule is C[C@@H]1CC2[C@@H]3CCC4=CC(=O)C=C[C@]4(C)[C@@]3(F)[C@@H](O)C[C@]2(C)[C@@]1(O)C(=O)NCCCCCNC(=O)OCCOCCOCCOC(=O)CCCOCCOCCCCCCCl. The van der Waals surface area contributed by atoms with E-state index >= 15 is 4.39 Å². The number of allylic oxidation sites excluding steroid dienone is 4. The van der Waals surface area contributed by atoms with Crippen LogP contribution in [0.1, 0.15) is 104 Å². The van der Waals surface area contributed by atoms with Crippen molar-refractivity contribution in [3.05, 3.63) is 23.8 Å². The maximum atomic E-state index is 17.4. The van der Waals surface area contributed by atoms with Crippen molar-refractivity contribution < 1.29 is 62.2 Å². The first kappa shape index (κ1) is 51.0. The van der Waals surface area contributed by atoms with E-state index in [9.17, 15) is 29.4 Å². The number of aliphatic hydroxyl groups excluding tert-OH is 1. The van der Waals surface area contributed by atoms with Crippen molar-refractivity contribution in [2.45, 2.75) is 122 Å². The zero-order valence-electron chi connectivity index (χ0n) is 36.7. The van der Waals surface area contributed by atoms with Crippen molar-refractivity contribution in [2.24, 2.45) is 28.6 Å². The predicted molar refractivity (Wildman–Crippen MR) is 227 cm³/mol. The van der Waals surface area contributed by atoms with Gasteiger partial charge in [-0.05, 0) is 95.1 Å². The summed E-state index contributed by atoms with van der Waals surface area (Å²) < 4.78 is 49.5. The molecule has 0 saturated heterocycles. The number of nitrogens with one attached hydrogen (secondary N) is 2. The van der Waals surface area contributed by atoms with Crippen LogP contribution in [0.3, 0.4) is 0 Å². The Morgan fingerprint density at radius 1 is 0.803 bits per heavy atom. The van der Waals surface area contributed by atoms with Crippen LogP contribution in [-0.2, 0) is 42.8 Å². The molecular formula is C45H72ClFN2O12. The van der Waals surface area contributed by atoms with Crippen molar-refractivity contribution in [3.63, 3.8) is 0 Å². The minimum absolute atomic E-state index is 0.0706. The van der Waals surface area contributed by atoms with Crippen molar-refractivity contribution >= 4 is 35.4 Å². The average Bonchev–Trinajstić information content (AvgIpc) is 3.43. The van der Waals surface area contributed by atoms with Crippen LogP contribution < -0.4 is 10.6 Å². The summed E-state index contributed by atoms with van der Waals surface area (Å²) in [6.07, 6.45) is 11.0. The minimum atomic E-state index is -2.02. The molecule has 1 unspecified atom stereocenters. The maximum absolute atomic E-state index is 17.4. The number of hydrogen-bond donors (Lipinski definition) is 4. The van der Waals surface area contributed by atoms with Gasteiger partial charge in [-0.3, -0.25) is 14.4 Å². The molecule has 16 heteroatoms. The molecule has 14 nitrogen and oxygen atoms in total. The second-order valence-corrected chi connectivity index (χ2v) is 17.8. The molecule has 61 heavy (non-hydrogen) atoms. The molecule has 3 fully saturated rings. The van der Waals surface area contributed by atoms with Crippen molar-refractivity contribution in [1.29, 1.82) is 0 Å². The summed E-state index contributed by atoms with van der Waals surface area (Å²) in [6.45, 7) is 9.60. The van der Waals surface area contributed by atoms with Gasteiger partial charge >= 0.3 is 12.1 Å². The maximum Gasteiger partial charge on any atom is 0.407 e. The lowest BCUT2D eigenvalue weighted by Gasteiger charge is -2.62. The van der Waals surface area contributed by atoms with E-state index in [0.29, 0.717) is 103 Å². The number of halogens is 2. The van der Waals surface area contributed by atoms with Gasteiger partial charge in [-0.25, -0.2) is 9.18 Å². The molecule has 0 bridgehead atoms. The van der Waals surface area contributed by atoms with E-state index in [2.05, 4.69) is 10.6 Å². The number of ether oxygens (including phenoxy) is 6. The van der Waals surface area contributed by atoms with Gasteiger partial charge in [0.2, 0.25) is 0 Å². The smallest absolute Gasteiger partial charge is 0.407 e. The van der Waals surface area contributed by atoms with Gasteiger partial charge in [-0.15, -0.1) is 11.6 Å². The topological polar surface area (TPSA) is 188 Å². The van der Waals surface area contributed by atoms with Gasteiger partial charge in [0.25, 0.3) is 5.91 Å². The summed E-state index contributed by atoms with van der Waals surface area (Å²) in [6, 6.07) is 0. The molecule has 348 valence electrons. The normalized spacial score (nSPS) is 30.2. The highest BCUT2D eigenvalue weighted by atomic mass is 35.5. The quantitative estimate of drug-likeness (QED) is 0.0418. The van der Waals surface area contributed by atoms with Crippen molar-refractivity contribution in [2.75, 3.05) is 85.0 Å². The lowest BCUT2D eigenvalue weighted by molar-refractivity contribution is -0.219. The van der Waals surface area contributed by atoms with Crippen molar-refractivity contribution in [3.8, 4) is 0 Å². The van der Waals surface area contributed by atoms with Crippen LogP contribution in [0.2, 0.25) is 0 Å². The first-order valence-electron chi connectivity index (χ1n) is 22.5. The number of esters is 1. The van der Waals surface area contributed by atoms with Gasteiger partial charge in [-0.1, -0.05) is 38.3 Å². The van der Waals surface area contributed by atoms with E-state index < -0.39 is 52.0 Å². The Morgan fingerprint density at radius 3 is 2.08 bits per heavy atom. The molecule has 8 atom stereocenters. The highest BCUT2D eigenvalue weighted by Gasteiger charge is 2.75. The lowest BCUT2D eigenvalue weighted by atomic mass is 9.44. The molecule has 0 radical (unpaired) electrons. The van der Waals surface area contributed by atoms with Gasteiger partial charge in [0, 0.05) is 55.4 Å². The van der Waals surface area contributed by atoms with Crippen LogP contribution in [0.5, 0.6) is 0 Å². The predicted octanol–water partition coefficient (Wildman–Crippen LogP) is 5.54. The monoisotopic (exact) mass is 886 g/mol. The van der Waals surface area contributed by atoms with E-state index in [1.165, 1.54) is 12.2 Å². The number of carbonyl (C=O) groups excluding carboxylic acids is 4. The highest BCUT2D eigenvalue weighted by molar-refractivity contribution is 6.17. The van der Waals surface area contributed by atoms with E-state index in [1.54, 1.807) is 13.0 Å². The van der Waals surface area contributed by atoms with Crippen LogP contribution in [-0.4, -0.2) is 136 Å². The van der Waals surface area contributed by atoms with Crippen LogP contribution in [0.15, 0.2) is 23.8 Å². The van der Waals surface area contributed by atoms with Gasteiger partial charge in [0.15, 0.2) is 17.1 Å². The van der Waals surface area contributed by atoms with E-state index in [4.69, 9.17) is 40.0 Å². The van der Waals surface area contributed by atoms with E-state index in [1.807, 2.05) is 13.8 Å². The second-order valence-electron chi connectivity index (χ2n) is 17.4. The number of ketones is 1. The molecule has 4 rings (SSSR count). The Morgan fingerprint density at radius 2 is 1.39 bits per heavy atom. The molecular weight excluding hydrogens is 815 g/mol. The highest BCUT2D eigenvalue weighted by Crippen LogP contribution is 2.70. The molecule has 0 heterocycles. The number of aliphatic hydroxyl groups is 2. The van der Waals surface area contributed by atoms with Gasteiger partial charge in [0.05, 0.1) is 45.7 Å². The van der Waals surface area contributed by atoms with Gasteiger partial charge in [-0.2, -0.15) is 0 Å². The molecule has 0 aromatic heterocycles. The fourth-order valence-electron chi connectivity index (χ4n) is 10.1. The van der Waals surface area contributed by atoms with Gasteiger partial charge in [0.1, 0.15) is 13.2 Å². The van der Waals surface area contributed by atoms with Crippen LogP contribution in [0.25, 0.3) is 0 Å². The molecule has 4 N–H and O–H groups in total. The molecule has 0 aromatic rings. The summed E-state index contributed by atoms with van der Waals surface area (Å²) in [4.78, 5) is 49.7. The standard InChI is InChI=1S/C45H72ClFN2O12/c1-33-30-37-36-14-13-34-31-35(50)15-16-42(34,2)44(36,47)38(51)32-43(37,3)45(33,55)40(53)48-18-8-6-9-19-49-41(54)61-29-27-59-25-24-58-26-28-60-39(52)12-11-21-57-23-22-56-20-10-5-4-7-17-46/h15-16,31,33,36-38,51,55H,4-14,17-30,32H2,1-3H3,(H,48,53)(H,49,54)/t33-,36+,37?,38+,42+,43+,44+,45+/m1/s1. The minimum Gasteiger partial charge on any atom is -0.463 e. The third-order valence-corrected chi connectivity index (χ3v) is 13.8. The van der Waals surface area contributed by atoms with Crippen LogP contribution >= 0.6 is 11.6 Å². The number of hydrogen-bond acceptors (Lipinski definition) is 12. The zero-order chi connectivity index (χ0) is 44.4. The van der Waals surface area contributed by atoms with Crippen LogP contribution in [0, 0.1) is 28.6 Å². The number of unbranched alkanes of at least 4 members (excludes halogenated alkanes) is 5. The first-order chi connectivity index (χ1) is 29.3. The molecule has 0 aromatic carbocycles. The van der Waals surface area contributed by atoms with E-state index in [-0.39, 0.29) is 56.9 Å². The molecule has 4 aliphatic rings. The molecule has 0 spiro atoms. The van der Waals surface area contributed by atoms with E-state index in [0.717, 1.165) is 32.3 Å². The Labute approximate surface area is 366 Å². The fraction of sp³-hybridized carbons (Fsp3) is 0.822. The fourth-order valence-corrected chi connectivity index (χ4v) is 10.3. The summed E-state index contributed by atoms with van der Waals surface area (Å²) in [5.74, 6) is -1.64. The number of alkyl halides is 2. The molecule has 3 saturated carbocycles. The molecule has 0 aliphatic heterocycles. The number of alkyl carbamates (subject to hydrolysis) is 1. The number of fused-ring (bicyclic) bond motifs is 5. The Hall–Kier alpha value is -2.66. The number of amides is 2. The Kier molecular flexibility index (Phi) is 20.9. The number of carbonyl (C=O) groups is 4. The summed E-state index contributed by atoms with van der Waals surface area (Å²) in [7, 11) is 0. The first-order valence-corrected chi connectivity index (χ1v) is 23.0. The lowest BCUT2D eigenvalue weighted by Crippen LogP contribution is -2.70. The van der Waals surface area contributed by atoms with Gasteiger partial charge < -0.3 is 49.3 Å². The second kappa shape index (κ2) is 25.0. The Balaban J connectivity index is 0.967. The summed E-state index contributed by atoms with van der Waals surface area (Å²) in [5, 5.41) is 29.3. The molecule has 4 aliphatic carbocycles.